The lowest BCUT2D eigenvalue weighted by atomic mass is 10.1. The largest absolute Gasteiger partial charge is 0.503 e. The molecule has 5 aromatic rings. The highest BCUT2D eigenvalue weighted by Gasteiger charge is 2.14. The lowest BCUT2D eigenvalue weighted by molar-refractivity contribution is 0.395. The molecular formula is C25H19F2N5O. The zero-order valence-electron chi connectivity index (χ0n) is 17.8. The number of aryl methyl sites for hydroxylation is 2. The fourth-order valence-corrected chi connectivity index (χ4v) is 3.57. The molecule has 0 saturated heterocycles. The van der Waals surface area contributed by atoms with Crippen LogP contribution in [0.5, 0.6) is 5.75 Å². The Morgan fingerprint density at radius 2 is 1.67 bits per heavy atom. The van der Waals surface area contributed by atoms with Crippen LogP contribution in [0.15, 0.2) is 66.9 Å². The van der Waals surface area contributed by atoms with E-state index in [0.717, 1.165) is 34.4 Å². The smallest absolute Gasteiger partial charge is 0.187 e. The Labute approximate surface area is 188 Å². The van der Waals surface area contributed by atoms with Crippen LogP contribution in [0.25, 0.3) is 28.0 Å². The predicted octanol–water partition coefficient (Wildman–Crippen LogP) is 5.83. The van der Waals surface area contributed by atoms with Gasteiger partial charge in [-0.1, -0.05) is 17.3 Å². The topological polar surface area (TPSA) is 75.9 Å². The molecule has 2 heterocycles. The first-order chi connectivity index (χ1) is 15.9. The van der Waals surface area contributed by atoms with Crippen molar-refractivity contribution in [3.8, 4) is 22.8 Å². The van der Waals surface area contributed by atoms with Gasteiger partial charge in [0.1, 0.15) is 5.69 Å². The molecule has 0 spiro atoms. The van der Waals surface area contributed by atoms with Crippen molar-refractivity contribution in [1.82, 2.24) is 20.0 Å². The predicted molar refractivity (Wildman–Crippen MR) is 123 cm³/mol. The Morgan fingerprint density at radius 3 is 2.42 bits per heavy atom. The second-order valence-corrected chi connectivity index (χ2v) is 7.80. The van der Waals surface area contributed by atoms with E-state index >= 15 is 0 Å². The number of fused-ring (bicyclic) bond motifs is 1. The van der Waals surface area contributed by atoms with E-state index in [9.17, 15) is 13.9 Å². The molecule has 0 aliphatic carbocycles. The number of halogens is 2. The van der Waals surface area contributed by atoms with Gasteiger partial charge in [0.15, 0.2) is 17.4 Å². The number of phenolic OH excluding ortho intramolecular Hbond substituents is 1. The summed E-state index contributed by atoms with van der Waals surface area (Å²) in [5, 5.41) is 21.7. The first-order valence-corrected chi connectivity index (χ1v) is 10.2. The number of nitrogens with one attached hydrogen (secondary N) is 1. The van der Waals surface area contributed by atoms with Crippen LogP contribution in [0.1, 0.15) is 11.1 Å². The lowest BCUT2D eigenvalue weighted by Crippen LogP contribution is -1.97. The Hall–Kier alpha value is -4.33. The average molecular weight is 443 g/mol. The van der Waals surface area contributed by atoms with Crippen molar-refractivity contribution < 1.29 is 13.9 Å². The number of hydrogen-bond acceptors (Lipinski definition) is 5. The van der Waals surface area contributed by atoms with Crippen LogP contribution in [-0.2, 0) is 0 Å². The fourth-order valence-electron chi connectivity index (χ4n) is 3.57. The van der Waals surface area contributed by atoms with Crippen LogP contribution in [-0.4, -0.2) is 25.1 Å². The average Bonchev–Trinajstić information content (AvgIpc) is 3.30. The third-order valence-corrected chi connectivity index (χ3v) is 5.54. The number of benzene rings is 3. The van der Waals surface area contributed by atoms with Gasteiger partial charge in [0.05, 0.1) is 23.1 Å². The summed E-state index contributed by atoms with van der Waals surface area (Å²) >= 11 is 0. The highest BCUT2D eigenvalue weighted by molar-refractivity contribution is 5.94. The van der Waals surface area contributed by atoms with Gasteiger partial charge in [0.2, 0.25) is 0 Å². The number of aromatic hydroxyl groups is 1. The maximum atomic E-state index is 13.7. The maximum Gasteiger partial charge on any atom is 0.187 e. The molecule has 0 aliphatic rings. The molecular weight excluding hydrogens is 424 g/mol. The van der Waals surface area contributed by atoms with Gasteiger partial charge in [-0.2, -0.15) is 0 Å². The van der Waals surface area contributed by atoms with E-state index in [1.54, 1.807) is 0 Å². The lowest BCUT2D eigenvalue weighted by Gasteiger charge is -2.11. The van der Waals surface area contributed by atoms with Gasteiger partial charge < -0.3 is 10.4 Å². The zero-order valence-corrected chi connectivity index (χ0v) is 17.8. The number of pyridine rings is 1. The molecule has 0 bridgehead atoms. The SMILES string of the molecule is Cc1ccc(Nc2cccc3nc(-c4cn(-c5cc(F)c(O)c(F)c5)nn4)ccc23)cc1C. The van der Waals surface area contributed by atoms with E-state index in [1.807, 2.05) is 36.4 Å². The van der Waals surface area contributed by atoms with Gasteiger partial charge in [0, 0.05) is 28.9 Å². The molecule has 0 radical (unpaired) electrons. The van der Waals surface area contributed by atoms with Gasteiger partial charge in [0.25, 0.3) is 0 Å². The quantitative estimate of drug-likeness (QED) is 0.366. The summed E-state index contributed by atoms with van der Waals surface area (Å²) in [7, 11) is 0. The molecule has 0 amide bonds. The van der Waals surface area contributed by atoms with Crippen LogP contribution in [0, 0.1) is 25.5 Å². The highest BCUT2D eigenvalue weighted by atomic mass is 19.1. The summed E-state index contributed by atoms with van der Waals surface area (Å²) in [6.07, 6.45) is 1.52. The summed E-state index contributed by atoms with van der Waals surface area (Å²) < 4.78 is 28.6. The minimum atomic E-state index is -1.07. The molecule has 33 heavy (non-hydrogen) atoms. The van der Waals surface area contributed by atoms with Crippen LogP contribution in [0.4, 0.5) is 20.2 Å². The molecule has 8 heteroatoms. The number of phenols is 1. The van der Waals surface area contributed by atoms with E-state index < -0.39 is 17.4 Å². The second-order valence-electron chi connectivity index (χ2n) is 7.80. The molecule has 2 aromatic heterocycles. The standard InChI is InChI=1S/C25H19F2N5O/c1-14-6-7-16(10-15(14)2)28-21-4-3-5-22-18(21)8-9-23(29-22)24-13-32(31-30-24)17-11-19(26)25(33)20(27)12-17/h3-13,28,33H,1-2H3. The summed E-state index contributed by atoms with van der Waals surface area (Å²) in [5.41, 5.74) is 6.22. The number of hydrogen-bond donors (Lipinski definition) is 2. The monoisotopic (exact) mass is 443 g/mol. The van der Waals surface area contributed by atoms with Crippen molar-refractivity contribution in [2.75, 3.05) is 5.32 Å². The van der Waals surface area contributed by atoms with E-state index in [1.165, 1.54) is 22.0 Å². The summed E-state index contributed by atoms with van der Waals surface area (Å²) in [5.74, 6) is -3.18. The van der Waals surface area contributed by atoms with Crippen molar-refractivity contribution in [3.63, 3.8) is 0 Å². The number of rotatable bonds is 4. The molecule has 6 nitrogen and oxygen atoms in total. The molecule has 2 N–H and O–H groups in total. The van der Waals surface area contributed by atoms with E-state index in [2.05, 4.69) is 41.6 Å². The van der Waals surface area contributed by atoms with E-state index in [4.69, 9.17) is 4.98 Å². The maximum absolute atomic E-state index is 13.7. The summed E-state index contributed by atoms with van der Waals surface area (Å²) in [4.78, 5) is 4.69. The van der Waals surface area contributed by atoms with Gasteiger partial charge in [-0.25, -0.2) is 18.4 Å². The molecule has 0 saturated carbocycles. The fraction of sp³-hybridized carbons (Fsp3) is 0.0800. The summed E-state index contributed by atoms with van der Waals surface area (Å²) in [6.45, 7) is 4.15. The third kappa shape index (κ3) is 3.87. The number of anilines is 2. The van der Waals surface area contributed by atoms with Gasteiger partial charge in [-0.3, -0.25) is 0 Å². The molecule has 0 unspecified atom stereocenters. The number of nitrogens with zero attached hydrogens (tertiary/aromatic N) is 4. The van der Waals surface area contributed by atoms with Crippen molar-refractivity contribution in [2.24, 2.45) is 0 Å². The first-order valence-electron chi connectivity index (χ1n) is 10.2. The van der Waals surface area contributed by atoms with Crippen LogP contribution >= 0.6 is 0 Å². The number of aromatic nitrogens is 4. The van der Waals surface area contributed by atoms with Gasteiger partial charge >= 0.3 is 0 Å². The molecule has 0 aliphatic heterocycles. The Bertz CT molecular complexity index is 1490. The molecule has 0 atom stereocenters. The zero-order chi connectivity index (χ0) is 23.1. The van der Waals surface area contributed by atoms with Gasteiger partial charge in [-0.05, 0) is 61.4 Å². The summed E-state index contributed by atoms with van der Waals surface area (Å²) in [6, 6.07) is 17.8. The Morgan fingerprint density at radius 1 is 0.879 bits per heavy atom. The first kappa shape index (κ1) is 20.6. The van der Waals surface area contributed by atoms with Crippen molar-refractivity contribution in [1.29, 1.82) is 0 Å². The van der Waals surface area contributed by atoms with Crippen LogP contribution < -0.4 is 5.32 Å². The van der Waals surface area contributed by atoms with Crippen LogP contribution in [0.2, 0.25) is 0 Å². The van der Waals surface area contributed by atoms with Crippen molar-refractivity contribution >= 4 is 22.3 Å². The van der Waals surface area contributed by atoms with Crippen molar-refractivity contribution in [3.05, 3.63) is 89.6 Å². The Balaban J connectivity index is 1.48. The minimum absolute atomic E-state index is 0.0993. The molecule has 5 rings (SSSR count). The van der Waals surface area contributed by atoms with Gasteiger partial charge in [-0.15, -0.1) is 5.10 Å². The van der Waals surface area contributed by atoms with Crippen molar-refractivity contribution in [2.45, 2.75) is 13.8 Å². The highest BCUT2D eigenvalue weighted by Crippen LogP contribution is 2.29. The Kier molecular flexibility index (Phi) is 4.97. The molecule has 164 valence electrons. The van der Waals surface area contributed by atoms with Crippen LogP contribution in [0.3, 0.4) is 0 Å². The van der Waals surface area contributed by atoms with E-state index in [-0.39, 0.29) is 5.69 Å². The molecule has 3 aromatic carbocycles. The normalized spacial score (nSPS) is 11.2. The minimum Gasteiger partial charge on any atom is -0.503 e. The molecule has 0 fully saturated rings. The second kappa shape index (κ2) is 7.98. The van der Waals surface area contributed by atoms with E-state index in [0.29, 0.717) is 11.4 Å². The third-order valence-electron chi connectivity index (χ3n) is 5.54.